The van der Waals surface area contributed by atoms with Gasteiger partial charge in [-0.05, 0) is 44.0 Å². The minimum atomic E-state index is -4.43. The van der Waals surface area contributed by atoms with E-state index in [1.807, 2.05) is 30.3 Å². The van der Waals surface area contributed by atoms with E-state index in [9.17, 15) is 13.2 Å². The number of hydrogen-bond donors (Lipinski definition) is 0. The number of rotatable bonds is 2. The fourth-order valence-corrected chi connectivity index (χ4v) is 3.52. The molecule has 26 heavy (non-hydrogen) atoms. The van der Waals surface area contributed by atoms with Crippen molar-refractivity contribution >= 4 is 11.8 Å². The molecule has 1 unspecified atom stereocenters. The second-order valence-electron chi connectivity index (χ2n) is 7.34. The van der Waals surface area contributed by atoms with Gasteiger partial charge < -0.3 is 9.64 Å². The van der Waals surface area contributed by atoms with Gasteiger partial charge in [-0.1, -0.05) is 42.5 Å². The molecule has 0 spiro atoms. The molecule has 0 radical (unpaired) electrons. The Hall–Kier alpha value is -2.43. The molecule has 2 aromatic rings. The number of nitrogens with zero attached hydrogens (tertiary/aromatic N) is 1. The zero-order valence-corrected chi connectivity index (χ0v) is 15.3. The minimum Gasteiger partial charge on any atom is -0.496 e. The van der Waals surface area contributed by atoms with Crippen LogP contribution in [0.3, 0.4) is 0 Å². The fraction of sp³-hybridized carbons (Fsp3) is 0.333. The third kappa shape index (κ3) is 3.18. The van der Waals surface area contributed by atoms with Crippen LogP contribution in [-0.4, -0.2) is 23.7 Å². The standard InChI is InChI=1S/C21H22F3NO/c1-20(2,3)25-17(14-9-6-5-7-10-14)13-16-15(19(25)21(22,23)24)11-8-12-18(16)26-4/h5-13,19H,1-4H3. The maximum Gasteiger partial charge on any atom is 0.413 e. The average molecular weight is 361 g/mol. The zero-order chi connectivity index (χ0) is 19.1. The molecule has 138 valence electrons. The highest BCUT2D eigenvalue weighted by atomic mass is 19.4. The van der Waals surface area contributed by atoms with Crippen molar-refractivity contribution < 1.29 is 17.9 Å². The molecule has 0 aliphatic carbocycles. The summed E-state index contributed by atoms with van der Waals surface area (Å²) in [4.78, 5) is 1.46. The summed E-state index contributed by atoms with van der Waals surface area (Å²) in [5, 5.41) is 0. The number of hydrogen-bond acceptors (Lipinski definition) is 2. The first-order valence-electron chi connectivity index (χ1n) is 8.44. The van der Waals surface area contributed by atoms with Gasteiger partial charge in [-0.25, -0.2) is 0 Å². The third-order valence-corrected chi connectivity index (χ3v) is 4.52. The largest absolute Gasteiger partial charge is 0.496 e. The Morgan fingerprint density at radius 3 is 2.12 bits per heavy atom. The summed E-state index contributed by atoms with van der Waals surface area (Å²) in [6.45, 7) is 5.40. The summed E-state index contributed by atoms with van der Waals surface area (Å²) in [7, 11) is 1.48. The molecule has 3 rings (SSSR count). The van der Waals surface area contributed by atoms with Gasteiger partial charge in [-0.15, -0.1) is 0 Å². The molecular formula is C21H22F3NO. The molecule has 0 fully saturated rings. The van der Waals surface area contributed by atoms with Gasteiger partial charge in [0.1, 0.15) is 5.75 Å². The van der Waals surface area contributed by atoms with E-state index in [0.717, 1.165) is 5.56 Å². The van der Waals surface area contributed by atoms with Crippen LogP contribution in [0.1, 0.15) is 43.5 Å². The van der Waals surface area contributed by atoms with E-state index in [0.29, 0.717) is 17.0 Å². The smallest absolute Gasteiger partial charge is 0.413 e. The quantitative estimate of drug-likeness (QED) is 0.659. The highest BCUT2D eigenvalue weighted by molar-refractivity contribution is 5.86. The van der Waals surface area contributed by atoms with Crippen molar-refractivity contribution in [2.24, 2.45) is 0 Å². The van der Waals surface area contributed by atoms with Gasteiger partial charge in [-0.3, -0.25) is 0 Å². The minimum absolute atomic E-state index is 0.214. The molecular weight excluding hydrogens is 339 g/mol. The third-order valence-electron chi connectivity index (χ3n) is 4.52. The predicted molar refractivity (Wildman–Crippen MR) is 97.7 cm³/mol. The number of halogens is 3. The van der Waals surface area contributed by atoms with Crippen molar-refractivity contribution in [2.75, 3.05) is 7.11 Å². The van der Waals surface area contributed by atoms with Gasteiger partial charge in [0.15, 0.2) is 6.04 Å². The van der Waals surface area contributed by atoms with Crippen LogP contribution in [0.5, 0.6) is 5.75 Å². The Kier molecular flexibility index (Phi) is 4.51. The Morgan fingerprint density at radius 1 is 0.923 bits per heavy atom. The van der Waals surface area contributed by atoms with Crippen LogP contribution in [0.2, 0.25) is 0 Å². The molecule has 0 aromatic heterocycles. The molecule has 0 N–H and O–H groups in total. The summed E-state index contributed by atoms with van der Waals surface area (Å²) in [6, 6.07) is 12.3. The molecule has 0 bridgehead atoms. The Labute approximate surface area is 151 Å². The van der Waals surface area contributed by atoms with E-state index in [4.69, 9.17) is 4.74 Å². The van der Waals surface area contributed by atoms with Gasteiger partial charge in [0.05, 0.1) is 7.11 Å². The Balaban J connectivity index is 2.35. The monoisotopic (exact) mass is 361 g/mol. The normalized spacial score (nSPS) is 17.6. The molecule has 2 aromatic carbocycles. The van der Waals surface area contributed by atoms with E-state index >= 15 is 0 Å². The lowest BCUT2D eigenvalue weighted by atomic mass is 9.86. The molecule has 0 saturated heterocycles. The molecule has 0 amide bonds. The van der Waals surface area contributed by atoms with Crippen molar-refractivity contribution in [1.82, 2.24) is 4.90 Å². The van der Waals surface area contributed by atoms with Crippen LogP contribution < -0.4 is 4.74 Å². The Morgan fingerprint density at radius 2 is 1.58 bits per heavy atom. The lowest BCUT2D eigenvalue weighted by molar-refractivity contribution is -0.187. The zero-order valence-electron chi connectivity index (χ0n) is 15.3. The van der Waals surface area contributed by atoms with E-state index in [2.05, 4.69) is 0 Å². The van der Waals surface area contributed by atoms with Crippen molar-refractivity contribution in [3.05, 3.63) is 65.2 Å². The molecule has 1 aliphatic rings. The van der Waals surface area contributed by atoms with Gasteiger partial charge >= 0.3 is 6.18 Å². The van der Waals surface area contributed by atoms with E-state index in [-0.39, 0.29) is 5.56 Å². The van der Waals surface area contributed by atoms with Crippen LogP contribution in [-0.2, 0) is 0 Å². The summed E-state index contributed by atoms with van der Waals surface area (Å²) in [6.07, 6.45) is -2.63. The summed E-state index contributed by atoms with van der Waals surface area (Å²) in [5.74, 6) is 0.443. The van der Waals surface area contributed by atoms with Gasteiger partial charge in [0.2, 0.25) is 0 Å². The summed E-state index contributed by atoms with van der Waals surface area (Å²) in [5.41, 5.74) is 1.25. The van der Waals surface area contributed by atoms with Gasteiger partial charge in [0.25, 0.3) is 0 Å². The first-order chi connectivity index (χ1) is 12.1. The second kappa shape index (κ2) is 6.38. The second-order valence-corrected chi connectivity index (χ2v) is 7.34. The highest BCUT2D eigenvalue weighted by Crippen LogP contribution is 2.51. The van der Waals surface area contributed by atoms with Crippen LogP contribution in [0.4, 0.5) is 13.2 Å². The van der Waals surface area contributed by atoms with Crippen LogP contribution in [0, 0.1) is 0 Å². The van der Waals surface area contributed by atoms with Gasteiger partial charge in [0, 0.05) is 16.8 Å². The number of fused-ring (bicyclic) bond motifs is 1. The lowest BCUT2D eigenvalue weighted by Crippen LogP contribution is -2.49. The fourth-order valence-electron chi connectivity index (χ4n) is 3.52. The van der Waals surface area contributed by atoms with Gasteiger partial charge in [-0.2, -0.15) is 13.2 Å². The van der Waals surface area contributed by atoms with Crippen LogP contribution >= 0.6 is 0 Å². The average Bonchev–Trinajstić information content (AvgIpc) is 2.58. The lowest BCUT2D eigenvalue weighted by Gasteiger charge is -2.48. The van der Waals surface area contributed by atoms with Crippen molar-refractivity contribution in [3.63, 3.8) is 0 Å². The number of alkyl halides is 3. The topological polar surface area (TPSA) is 12.5 Å². The van der Waals surface area contributed by atoms with E-state index < -0.39 is 17.8 Å². The molecule has 5 heteroatoms. The first kappa shape index (κ1) is 18.4. The van der Waals surface area contributed by atoms with Crippen molar-refractivity contribution in [1.29, 1.82) is 0 Å². The predicted octanol–water partition coefficient (Wildman–Crippen LogP) is 5.91. The Bertz CT molecular complexity index is 819. The SMILES string of the molecule is COc1cccc2c1C=C(c1ccccc1)N(C(C)(C)C)C2C(F)(F)F. The van der Waals surface area contributed by atoms with E-state index in [1.54, 1.807) is 39.0 Å². The molecule has 2 nitrogen and oxygen atoms in total. The van der Waals surface area contributed by atoms with Crippen molar-refractivity contribution in [3.8, 4) is 5.75 Å². The maximum absolute atomic E-state index is 14.2. The first-order valence-corrected chi connectivity index (χ1v) is 8.44. The number of methoxy groups -OCH3 is 1. The van der Waals surface area contributed by atoms with Crippen LogP contribution in [0.15, 0.2) is 48.5 Å². The summed E-state index contributed by atoms with van der Waals surface area (Å²) >= 11 is 0. The molecule has 1 atom stereocenters. The van der Waals surface area contributed by atoms with Crippen LogP contribution in [0.25, 0.3) is 11.8 Å². The molecule has 0 saturated carbocycles. The number of benzene rings is 2. The molecule has 1 heterocycles. The van der Waals surface area contributed by atoms with E-state index in [1.165, 1.54) is 18.1 Å². The number of ether oxygens (including phenoxy) is 1. The highest BCUT2D eigenvalue weighted by Gasteiger charge is 2.51. The summed E-state index contributed by atoms with van der Waals surface area (Å²) < 4.78 is 48.0. The molecule has 1 aliphatic heterocycles. The maximum atomic E-state index is 14.2. The van der Waals surface area contributed by atoms with Crippen molar-refractivity contribution in [2.45, 2.75) is 38.5 Å².